The number of rotatable bonds is 6. The van der Waals surface area contributed by atoms with E-state index in [-0.39, 0.29) is 11.6 Å². The molecule has 4 aromatic rings. The first-order valence-corrected chi connectivity index (χ1v) is 13.6. The van der Waals surface area contributed by atoms with E-state index >= 15 is 0 Å². The standard InChI is InChI=1S/C31H32ClN5O/c1-22(2)37-29(38)20-25(12-11-24-9-6-10-26(32)19-24)28-21-34-31(35-30(28)37)36-17-14-27(15-18-36)33-16-13-23-7-4-3-5-8-23/h3-10,19-22,27,33H,13-18H2,1-2H3. The third kappa shape index (κ3) is 6.07. The molecule has 0 unspecified atom stereocenters. The van der Waals surface area contributed by atoms with Gasteiger partial charge in [0.1, 0.15) is 5.65 Å². The van der Waals surface area contributed by atoms with Crippen LogP contribution in [0.3, 0.4) is 0 Å². The van der Waals surface area contributed by atoms with E-state index in [1.54, 1.807) is 16.7 Å². The summed E-state index contributed by atoms with van der Waals surface area (Å²) in [5, 5.41) is 5.10. The van der Waals surface area contributed by atoms with Crippen LogP contribution in [0.1, 0.15) is 49.4 Å². The van der Waals surface area contributed by atoms with Gasteiger partial charge in [0.2, 0.25) is 5.95 Å². The van der Waals surface area contributed by atoms with Crippen molar-refractivity contribution in [3.63, 3.8) is 0 Å². The van der Waals surface area contributed by atoms with Crippen molar-refractivity contribution in [1.82, 2.24) is 19.9 Å². The minimum absolute atomic E-state index is 0.0396. The first-order valence-electron chi connectivity index (χ1n) is 13.2. The van der Waals surface area contributed by atoms with Crippen LogP contribution in [-0.2, 0) is 6.42 Å². The topological polar surface area (TPSA) is 63.1 Å². The van der Waals surface area contributed by atoms with Crippen molar-refractivity contribution in [1.29, 1.82) is 0 Å². The van der Waals surface area contributed by atoms with Crippen LogP contribution >= 0.6 is 11.6 Å². The fourth-order valence-corrected chi connectivity index (χ4v) is 5.11. The highest BCUT2D eigenvalue weighted by Crippen LogP contribution is 2.22. The molecule has 2 aromatic carbocycles. The van der Waals surface area contributed by atoms with Crippen molar-refractivity contribution in [2.45, 2.75) is 45.2 Å². The summed E-state index contributed by atoms with van der Waals surface area (Å²) in [5.74, 6) is 6.94. The Kier molecular flexibility index (Phi) is 8.07. The second-order valence-electron chi connectivity index (χ2n) is 9.98. The Balaban J connectivity index is 1.34. The summed E-state index contributed by atoms with van der Waals surface area (Å²) in [6.45, 7) is 6.70. The van der Waals surface area contributed by atoms with Gasteiger partial charge in [0, 0.05) is 53.6 Å². The molecule has 0 radical (unpaired) electrons. The van der Waals surface area contributed by atoms with Gasteiger partial charge in [-0.15, -0.1) is 0 Å². The molecule has 0 amide bonds. The third-order valence-corrected chi connectivity index (χ3v) is 7.16. The number of piperidine rings is 1. The van der Waals surface area contributed by atoms with Gasteiger partial charge in [-0.2, -0.15) is 4.98 Å². The molecule has 2 aromatic heterocycles. The number of pyridine rings is 1. The highest BCUT2D eigenvalue weighted by Gasteiger charge is 2.22. The van der Waals surface area contributed by atoms with Crippen LogP contribution in [0.15, 0.2) is 71.7 Å². The molecular weight excluding hydrogens is 494 g/mol. The highest BCUT2D eigenvalue weighted by atomic mass is 35.5. The molecule has 7 heteroatoms. The zero-order valence-electron chi connectivity index (χ0n) is 21.8. The van der Waals surface area contributed by atoms with Gasteiger partial charge in [0.05, 0.1) is 5.39 Å². The lowest BCUT2D eigenvalue weighted by molar-refractivity contribution is 0.415. The van der Waals surface area contributed by atoms with E-state index in [9.17, 15) is 4.79 Å². The number of hydrogen-bond donors (Lipinski definition) is 1. The summed E-state index contributed by atoms with van der Waals surface area (Å²) in [6.07, 6.45) is 4.89. The van der Waals surface area contributed by atoms with Crippen LogP contribution in [0, 0.1) is 11.8 Å². The highest BCUT2D eigenvalue weighted by molar-refractivity contribution is 6.30. The molecule has 5 rings (SSSR count). The maximum absolute atomic E-state index is 13.1. The van der Waals surface area contributed by atoms with Crippen molar-refractivity contribution in [2.75, 3.05) is 24.5 Å². The molecule has 6 nitrogen and oxygen atoms in total. The Bertz CT molecular complexity index is 1530. The van der Waals surface area contributed by atoms with E-state index in [2.05, 4.69) is 52.4 Å². The van der Waals surface area contributed by atoms with E-state index < -0.39 is 0 Å². The van der Waals surface area contributed by atoms with Gasteiger partial charge >= 0.3 is 0 Å². The monoisotopic (exact) mass is 525 g/mol. The van der Waals surface area contributed by atoms with Crippen LogP contribution < -0.4 is 15.8 Å². The van der Waals surface area contributed by atoms with Crippen LogP contribution in [0.5, 0.6) is 0 Å². The molecule has 194 valence electrons. The Morgan fingerprint density at radius 3 is 2.58 bits per heavy atom. The van der Waals surface area contributed by atoms with Gasteiger partial charge in [-0.25, -0.2) is 4.98 Å². The van der Waals surface area contributed by atoms with E-state index in [1.807, 2.05) is 38.2 Å². The molecule has 0 aliphatic carbocycles. The molecule has 1 fully saturated rings. The second kappa shape index (κ2) is 11.8. The van der Waals surface area contributed by atoms with Gasteiger partial charge in [-0.05, 0) is 63.4 Å². The second-order valence-corrected chi connectivity index (χ2v) is 10.4. The summed E-state index contributed by atoms with van der Waals surface area (Å²) in [4.78, 5) is 24.9. The first-order chi connectivity index (χ1) is 18.5. The predicted octanol–water partition coefficient (Wildman–Crippen LogP) is 5.23. The van der Waals surface area contributed by atoms with Crippen molar-refractivity contribution in [3.05, 3.63) is 98.9 Å². The number of aromatic nitrogens is 3. The lowest BCUT2D eigenvalue weighted by Crippen LogP contribution is -2.43. The van der Waals surface area contributed by atoms with Gasteiger partial charge in [0.15, 0.2) is 0 Å². The molecule has 1 aliphatic heterocycles. The SMILES string of the molecule is CC(C)n1c(=O)cc(C#Cc2cccc(Cl)c2)c2cnc(N3CCC(NCCc4ccccc4)CC3)nc21. The summed E-state index contributed by atoms with van der Waals surface area (Å²) in [5.41, 5.74) is 3.27. The van der Waals surface area contributed by atoms with Crippen molar-refractivity contribution >= 4 is 28.6 Å². The maximum Gasteiger partial charge on any atom is 0.253 e. The molecule has 0 bridgehead atoms. The third-order valence-electron chi connectivity index (χ3n) is 6.93. The molecule has 0 saturated carbocycles. The Morgan fingerprint density at radius 1 is 1.05 bits per heavy atom. The molecule has 1 saturated heterocycles. The van der Waals surface area contributed by atoms with Crippen LogP contribution in [0.2, 0.25) is 5.02 Å². The minimum Gasteiger partial charge on any atom is -0.341 e. The van der Waals surface area contributed by atoms with Crippen LogP contribution in [0.25, 0.3) is 11.0 Å². The van der Waals surface area contributed by atoms with Crippen molar-refractivity contribution < 1.29 is 0 Å². The first kappa shape index (κ1) is 26.0. The Hall–Kier alpha value is -3.66. The minimum atomic E-state index is -0.117. The van der Waals surface area contributed by atoms with E-state index in [0.717, 1.165) is 49.8 Å². The van der Waals surface area contributed by atoms with E-state index in [0.29, 0.717) is 28.2 Å². The average molecular weight is 526 g/mol. The average Bonchev–Trinajstić information content (AvgIpc) is 2.92. The number of halogens is 1. The van der Waals surface area contributed by atoms with E-state index in [4.69, 9.17) is 21.6 Å². The van der Waals surface area contributed by atoms with Crippen molar-refractivity contribution in [2.24, 2.45) is 0 Å². The number of nitrogens with zero attached hydrogens (tertiary/aromatic N) is 4. The predicted molar refractivity (Wildman–Crippen MR) is 155 cm³/mol. The largest absolute Gasteiger partial charge is 0.341 e. The summed E-state index contributed by atoms with van der Waals surface area (Å²) >= 11 is 6.10. The van der Waals surface area contributed by atoms with Gasteiger partial charge < -0.3 is 10.2 Å². The van der Waals surface area contributed by atoms with Gasteiger partial charge in [-0.3, -0.25) is 9.36 Å². The molecule has 1 N–H and O–H groups in total. The number of hydrogen-bond acceptors (Lipinski definition) is 5. The molecule has 1 aliphatic rings. The molecule has 38 heavy (non-hydrogen) atoms. The van der Waals surface area contributed by atoms with Gasteiger partial charge in [-0.1, -0.05) is 59.8 Å². The number of fused-ring (bicyclic) bond motifs is 1. The number of benzene rings is 2. The smallest absolute Gasteiger partial charge is 0.253 e. The lowest BCUT2D eigenvalue weighted by atomic mass is 10.0. The summed E-state index contributed by atoms with van der Waals surface area (Å²) in [7, 11) is 0. The number of anilines is 1. The van der Waals surface area contributed by atoms with Crippen molar-refractivity contribution in [3.8, 4) is 11.8 Å². The fraction of sp³-hybridized carbons (Fsp3) is 0.323. The number of nitrogens with one attached hydrogen (secondary N) is 1. The Morgan fingerprint density at radius 2 is 1.84 bits per heavy atom. The zero-order chi connectivity index (χ0) is 26.5. The molecular formula is C31H32ClN5O. The molecule has 0 atom stereocenters. The molecule has 0 spiro atoms. The quantitative estimate of drug-likeness (QED) is 0.349. The summed E-state index contributed by atoms with van der Waals surface area (Å²) < 4.78 is 1.73. The fourth-order valence-electron chi connectivity index (χ4n) is 4.92. The van der Waals surface area contributed by atoms with E-state index in [1.165, 1.54) is 5.56 Å². The van der Waals surface area contributed by atoms with Crippen LogP contribution in [-0.4, -0.2) is 40.2 Å². The normalized spacial score (nSPS) is 14.1. The summed E-state index contributed by atoms with van der Waals surface area (Å²) in [6, 6.07) is 20.0. The zero-order valence-corrected chi connectivity index (χ0v) is 22.6. The lowest BCUT2D eigenvalue weighted by Gasteiger charge is -2.32. The maximum atomic E-state index is 13.1. The van der Waals surface area contributed by atoms with Crippen LogP contribution in [0.4, 0.5) is 5.95 Å². The van der Waals surface area contributed by atoms with Gasteiger partial charge in [0.25, 0.3) is 5.56 Å². The Labute approximate surface area is 228 Å². The molecule has 3 heterocycles.